The van der Waals surface area contributed by atoms with E-state index in [-0.39, 0.29) is 34.5 Å². The quantitative estimate of drug-likeness (QED) is 0.261. The summed E-state index contributed by atoms with van der Waals surface area (Å²) in [7, 11) is 0. The largest absolute Gasteiger partial charge is 0.459 e. The Labute approximate surface area is 223 Å². The maximum Gasteiger partial charge on any atom is 0.315 e. The Balaban J connectivity index is 1.56. The van der Waals surface area contributed by atoms with Crippen LogP contribution >= 0.6 is 34.5 Å². The minimum Gasteiger partial charge on any atom is -0.459 e. The predicted molar refractivity (Wildman–Crippen MR) is 141 cm³/mol. The number of nitrogens with one attached hydrogen (secondary N) is 1. The van der Waals surface area contributed by atoms with Crippen LogP contribution in [0.2, 0.25) is 9.36 Å². The predicted octanol–water partition coefficient (Wildman–Crippen LogP) is 5.25. The number of anilines is 1. The summed E-state index contributed by atoms with van der Waals surface area (Å²) in [6.07, 6.45) is 4.39. The Morgan fingerprint density at radius 1 is 1.05 bits per heavy atom. The summed E-state index contributed by atoms with van der Waals surface area (Å²) in [5.74, 6) is -0.396. The van der Waals surface area contributed by atoms with Gasteiger partial charge >= 0.3 is 5.91 Å². The highest BCUT2D eigenvalue weighted by molar-refractivity contribution is 7.16. The van der Waals surface area contributed by atoms with Gasteiger partial charge in [-0.15, -0.1) is 11.3 Å². The number of nitrogens with zero attached hydrogens (tertiary/aromatic N) is 4. The Morgan fingerprint density at radius 2 is 1.86 bits per heavy atom. The van der Waals surface area contributed by atoms with Gasteiger partial charge in [0.1, 0.15) is 11.5 Å². The monoisotopic (exact) mass is 553 g/mol. The van der Waals surface area contributed by atoms with Gasteiger partial charge in [0.25, 0.3) is 5.56 Å². The third-order valence-corrected chi connectivity index (χ3v) is 6.81. The van der Waals surface area contributed by atoms with Crippen LogP contribution in [0.15, 0.2) is 82.5 Å². The Bertz CT molecular complexity index is 1640. The van der Waals surface area contributed by atoms with Crippen LogP contribution in [0.5, 0.6) is 0 Å². The van der Waals surface area contributed by atoms with Crippen molar-refractivity contribution >= 4 is 52.0 Å². The van der Waals surface area contributed by atoms with Gasteiger partial charge in [0, 0.05) is 40.0 Å². The molecule has 5 heterocycles. The van der Waals surface area contributed by atoms with E-state index in [2.05, 4.69) is 15.4 Å². The van der Waals surface area contributed by atoms with Gasteiger partial charge in [-0.2, -0.15) is 9.78 Å². The van der Waals surface area contributed by atoms with Crippen LogP contribution in [-0.2, 0) is 13.1 Å². The van der Waals surface area contributed by atoms with E-state index >= 15 is 0 Å². The molecule has 0 aliphatic rings. The highest BCUT2D eigenvalue weighted by Gasteiger charge is 2.22. The van der Waals surface area contributed by atoms with E-state index < -0.39 is 11.5 Å². The van der Waals surface area contributed by atoms with Crippen molar-refractivity contribution in [2.75, 3.05) is 5.32 Å². The fourth-order valence-corrected chi connectivity index (χ4v) is 4.85. The first kappa shape index (κ1) is 24.7. The average Bonchev–Trinajstić information content (AvgIpc) is 3.65. The normalized spacial score (nSPS) is 11.0. The van der Waals surface area contributed by atoms with Crippen molar-refractivity contribution in [2.24, 2.45) is 0 Å². The third kappa shape index (κ3) is 5.41. The summed E-state index contributed by atoms with van der Waals surface area (Å²) in [6.45, 7) is 0.113. The fraction of sp³-hybridized carbons (Fsp3) is 0.0800. The lowest BCUT2D eigenvalue weighted by molar-refractivity contribution is 0.0918. The van der Waals surface area contributed by atoms with E-state index in [1.54, 1.807) is 30.3 Å². The van der Waals surface area contributed by atoms with Crippen LogP contribution in [-0.4, -0.2) is 31.0 Å². The first-order valence-electron chi connectivity index (χ1n) is 10.9. The van der Waals surface area contributed by atoms with Crippen molar-refractivity contribution in [3.8, 4) is 11.4 Å². The Morgan fingerprint density at radius 3 is 2.57 bits per heavy atom. The molecule has 37 heavy (non-hydrogen) atoms. The van der Waals surface area contributed by atoms with E-state index in [1.165, 1.54) is 52.8 Å². The van der Waals surface area contributed by atoms with Crippen LogP contribution < -0.4 is 10.9 Å². The highest BCUT2D eigenvalue weighted by atomic mass is 35.5. The number of carbonyl (C=O) groups is 2. The number of pyridine rings is 2. The Kier molecular flexibility index (Phi) is 7.04. The van der Waals surface area contributed by atoms with Gasteiger partial charge in [0.2, 0.25) is 0 Å². The van der Waals surface area contributed by atoms with Gasteiger partial charge in [0.15, 0.2) is 11.5 Å². The minimum atomic E-state index is -0.522. The first-order chi connectivity index (χ1) is 17.9. The molecule has 186 valence electrons. The molecular formula is C25H17Cl2N5O4S. The van der Waals surface area contributed by atoms with Gasteiger partial charge in [-0.1, -0.05) is 23.2 Å². The van der Waals surface area contributed by atoms with E-state index in [0.717, 1.165) is 9.56 Å². The summed E-state index contributed by atoms with van der Waals surface area (Å²) in [5.41, 5.74) is 0.444. The van der Waals surface area contributed by atoms with Crippen molar-refractivity contribution < 1.29 is 14.0 Å². The molecule has 0 bridgehead atoms. The molecule has 5 aromatic rings. The van der Waals surface area contributed by atoms with Gasteiger partial charge in [-0.25, -0.2) is 0 Å². The number of thiophene rings is 1. The van der Waals surface area contributed by atoms with Crippen LogP contribution in [0, 0.1) is 0 Å². The number of halogens is 2. The molecule has 0 spiro atoms. The number of carbonyl (C=O) groups excluding carboxylic acids is 2. The molecule has 0 saturated heterocycles. The standard InChI is InChI=1S/C25H17Cl2N5O4S/c26-16-10-19(31(24(34)11-16)14-20(33)15-5-7-28-8-6-15)18-12-23(29-13-17-3-4-22(27)37-17)32(30-18)25(35)21-2-1-9-36-21/h1-12,29H,13-14H2. The lowest BCUT2D eigenvalue weighted by Crippen LogP contribution is -2.25. The summed E-state index contributed by atoms with van der Waals surface area (Å²) in [5, 5.41) is 7.81. The number of Topliss-reactive ketones (excluding diaryl/α,β-unsaturated/α-hetero) is 1. The van der Waals surface area contributed by atoms with E-state index in [9.17, 15) is 14.4 Å². The zero-order valence-corrected chi connectivity index (χ0v) is 21.3. The average molecular weight is 554 g/mol. The summed E-state index contributed by atoms with van der Waals surface area (Å²) in [4.78, 5) is 43.8. The van der Waals surface area contributed by atoms with Gasteiger partial charge in [0.05, 0.1) is 29.4 Å². The molecule has 0 fully saturated rings. The Hall–Kier alpha value is -3.99. The highest BCUT2D eigenvalue weighted by Crippen LogP contribution is 2.27. The molecule has 0 aliphatic carbocycles. The zero-order chi connectivity index (χ0) is 25.9. The van der Waals surface area contributed by atoms with Crippen molar-refractivity contribution in [3.05, 3.63) is 109 Å². The van der Waals surface area contributed by atoms with Crippen LogP contribution in [0.25, 0.3) is 11.4 Å². The summed E-state index contributed by atoms with van der Waals surface area (Å²) >= 11 is 13.6. The second kappa shape index (κ2) is 10.6. The van der Waals surface area contributed by atoms with Crippen LogP contribution in [0.1, 0.15) is 25.8 Å². The lowest BCUT2D eigenvalue weighted by atomic mass is 10.1. The second-order valence-corrected chi connectivity index (χ2v) is 10.0. The van der Waals surface area contributed by atoms with E-state index in [0.29, 0.717) is 22.3 Å². The van der Waals surface area contributed by atoms with Crippen LogP contribution in [0.4, 0.5) is 5.82 Å². The molecular weight excluding hydrogens is 537 g/mol. The summed E-state index contributed by atoms with van der Waals surface area (Å²) < 4.78 is 8.32. The zero-order valence-electron chi connectivity index (χ0n) is 18.9. The number of hydrogen-bond donors (Lipinski definition) is 1. The number of aromatic nitrogens is 4. The third-order valence-electron chi connectivity index (χ3n) is 5.37. The summed E-state index contributed by atoms with van der Waals surface area (Å²) in [6, 6.07) is 14.3. The molecule has 1 N–H and O–H groups in total. The molecule has 0 saturated carbocycles. The number of furan rings is 1. The molecule has 0 atom stereocenters. The second-order valence-electron chi connectivity index (χ2n) is 7.81. The smallest absolute Gasteiger partial charge is 0.315 e. The van der Waals surface area contributed by atoms with Crippen molar-refractivity contribution in [2.45, 2.75) is 13.1 Å². The van der Waals surface area contributed by atoms with E-state index in [1.807, 2.05) is 6.07 Å². The maximum atomic E-state index is 13.2. The van der Waals surface area contributed by atoms with Crippen molar-refractivity contribution in [1.82, 2.24) is 19.3 Å². The van der Waals surface area contributed by atoms with Gasteiger partial charge < -0.3 is 9.73 Å². The van der Waals surface area contributed by atoms with Gasteiger partial charge in [-0.05, 0) is 42.5 Å². The van der Waals surface area contributed by atoms with E-state index in [4.69, 9.17) is 27.6 Å². The van der Waals surface area contributed by atoms with Crippen molar-refractivity contribution in [1.29, 1.82) is 0 Å². The molecule has 5 aromatic heterocycles. The fourth-order valence-electron chi connectivity index (χ4n) is 3.63. The first-order valence-corrected chi connectivity index (χ1v) is 12.5. The molecule has 5 rings (SSSR count). The number of ketones is 1. The SMILES string of the molecule is O=C(Cn1c(-c2cc(NCc3ccc(Cl)s3)n(C(=O)c3ccco3)n2)cc(Cl)cc1=O)c1ccncc1. The number of rotatable bonds is 8. The molecule has 0 amide bonds. The maximum absolute atomic E-state index is 13.2. The van der Waals surface area contributed by atoms with Gasteiger partial charge in [-0.3, -0.25) is 23.9 Å². The number of hydrogen-bond acceptors (Lipinski definition) is 8. The minimum absolute atomic E-state index is 0.0771. The van der Waals surface area contributed by atoms with Crippen LogP contribution in [0.3, 0.4) is 0 Å². The molecule has 0 aromatic carbocycles. The lowest BCUT2D eigenvalue weighted by Gasteiger charge is -2.11. The molecule has 0 radical (unpaired) electrons. The molecule has 0 aliphatic heterocycles. The molecule has 9 nitrogen and oxygen atoms in total. The van der Waals surface area contributed by atoms with Crippen molar-refractivity contribution in [3.63, 3.8) is 0 Å². The topological polar surface area (TPSA) is 112 Å². The molecule has 12 heteroatoms. The molecule has 0 unspecified atom stereocenters.